The minimum Gasteiger partial charge on any atom is -0.335 e. The molecule has 5 heteroatoms. The van der Waals surface area contributed by atoms with Crippen LogP contribution in [0.4, 0.5) is 0 Å². The van der Waals surface area contributed by atoms with Crippen molar-refractivity contribution in [2.24, 2.45) is 5.92 Å². The lowest BCUT2D eigenvalue weighted by Gasteiger charge is -2.27. The molecule has 1 aromatic heterocycles. The molecule has 0 saturated carbocycles. The van der Waals surface area contributed by atoms with E-state index in [4.69, 9.17) is 0 Å². The molecule has 2 aliphatic rings. The van der Waals surface area contributed by atoms with Crippen molar-refractivity contribution in [1.82, 2.24) is 20.0 Å². The summed E-state index contributed by atoms with van der Waals surface area (Å²) in [6.45, 7) is 6.49. The third-order valence-corrected chi connectivity index (χ3v) is 5.34. The van der Waals surface area contributed by atoms with E-state index in [1.165, 1.54) is 12.0 Å². The summed E-state index contributed by atoms with van der Waals surface area (Å²) in [6.07, 6.45) is 2.89. The number of hydrogen-bond acceptors (Lipinski definition) is 3. The van der Waals surface area contributed by atoms with Crippen LogP contribution in [-0.4, -0.2) is 40.2 Å². The van der Waals surface area contributed by atoms with Gasteiger partial charge < -0.3 is 10.2 Å². The van der Waals surface area contributed by atoms with Crippen molar-refractivity contribution >= 4 is 5.91 Å². The zero-order valence-electron chi connectivity index (χ0n) is 14.9. The Morgan fingerprint density at radius 3 is 2.80 bits per heavy atom. The Bertz CT molecular complexity index is 744. The Morgan fingerprint density at radius 2 is 2.04 bits per heavy atom. The number of carbonyl (C=O) groups is 1. The normalized spacial score (nSPS) is 19.9. The van der Waals surface area contributed by atoms with Crippen LogP contribution in [0.25, 0.3) is 0 Å². The van der Waals surface area contributed by atoms with E-state index in [-0.39, 0.29) is 5.91 Å². The highest BCUT2D eigenvalue weighted by atomic mass is 16.2. The average Bonchev–Trinajstić information content (AvgIpc) is 3.24. The number of amides is 1. The van der Waals surface area contributed by atoms with Gasteiger partial charge in [0.05, 0.1) is 30.9 Å². The molecule has 25 heavy (non-hydrogen) atoms. The lowest BCUT2D eigenvalue weighted by atomic mass is 9.97. The van der Waals surface area contributed by atoms with Crippen molar-refractivity contribution < 1.29 is 4.79 Å². The van der Waals surface area contributed by atoms with Crippen molar-refractivity contribution in [3.63, 3.8) is 0 Å². The van der Waals surface area contributed by atoms with Gasteiger partial charge in [0, 0.05) is 6.54 Å². The van der Waals surface area contributed by atoms with Gasteiger partial charge in [-0.25, -0.2) is 0 Å². The van der Waals surface area contributed by atoms with Crippen molar-refractivity contribution in [3.05, 3.63) is 52.8 Å². The molecule has 5 nitrogen and oxygen atoms in total. The molecule has 1 saturated heterocycles. The molecule has 1 unspecified atom stereocenters. The molecule has 0 bridgehead atoms. The standard InChI is InChI=1S/C20H26N4O/c1-15-10-19-14-23(8-9-24(19)22-15)20(25)12-17-4-2-16(3-5-17)11-18-6-7-21-13-18/h2-5,10,18,21H,6-9,11-14H2,1H3. The number of fused-ring (bicyclic) bond motifs is 1. The molecule has 4 rings (SSSR count). The van der Waals surface area contributed by atoms with E-state index in [2.05, 4.69) is 40.7 Å². The Morgan fingerprint density at radius 1 is 1.24 bits per heavy atom. The molecule has 1 atom stereocenters. The molecule has 0 radical (unpaired) electrons. The van der Waals surface area contributed by atoms with E-state index in [1.54, 1.807) is 0 Å². The molecular weight excluding hydrogens is 312 g/mol. The lowest BCUT2D eigenvalue weighted by Crippen LogP contribution is -2.39. The summed E-state index contributed by atoms with van der Waals surface area (Å²) in [5.41, 5.74) is 4.64. The maximum absolute atomic E-state index is 12.6. The highest BCUT2D eigenvalue weighted by molar-refractivity contribution is 5.78. The molecule has 1 N–H and O–H groups in total. The second-order valence-electron chi connectivity index (χ2n) is 7.37. The van der Waals surface area contributed by atoms with Gasteiger partial charge in [0.15, 0.2) is 0 Å². The Labute approximate surface area is 149 Å². The summed E-state index contributed by atoms with van der Waals surface area (Å²) < 4.78 is 2.02. The largest absolute Gasteiger partial charge is 0.335 e. The Hall–Kier alpha value is -2.14. The molecule has 0 aliphatic carbocycles. The predicted octanol–water partition coefficient (Wildman–Crippen LogP) is 1.93. The average molecular weight is 338 g/mol. The molecule has 1 fully saturated rings. The topological polar surface area (TPSA) is 50.2 Å². The molecular formula is C20H26N4O. The van der Waals surface area contributed by atoms with Gasteiger partial charge in [0.2, 0.25) is 5.91 Å². The predicted molar refractivity (Wildman–Crippen MR) is 97.2 cm³/mol. The highest BCUT2D eigenvalue weighted by Gasteiger charge is 2.22. The van der Waals surface area contributed by atoms with Crippen LogP contribution in [0.15, 0.2) is 30.3 Å². The summed E-state index contributed by atoms with van der Waals surface area (Å²) in [6, 6.07) is 10.7. The summed E-state index contributed by atoms with van der Waals surface area (Å²) in [4.78, 5) is 14.6. The van der Waals surface area contributed by atoms with Crippen molar-refractivity contribution in [2.45, 2.75) is 39.3 Å². The quantitative estimate of drug-likeness (QED) is 0.927. The molecule has 0 spiro atoms. The smallest absolute Gasteiger partial charge is 0.227 e. The van der Waals surface area contributed by atoms with Crippen molar-refractivity contribution in [2.75, 3.05) is 19.6 Å². The number of aromatic nitrogens is 2. The first-order valence-corrected chi connectivity index (χ1v) is 9.27. The van der Waals surface area contributed by atoms with Gasteiger partial charge in [-0.1, -0.05) is 24.3 Å². The molecule has 1 aromatic carbocycles. The van der Waals surface area contributed by atoms with Gasteiger partial charge in [-0.15, -0.1) is 0 Å². The first-order valence-electron chi connectivity index (χ1n) is 9.27. The zero-order valence-corrected chi connectivity index (χ0v) is 14.9. The monoisotopic (exact) mass is 338 g/mol. The van der Waals surface area contributed by atoms with E-state index in [1.807, 2.05) is 16.5 Å². The first kappa shape index (κ1) is 16.3. The summed E-state index contributed by atoms with van der Waals surface area (Å²) in [5.74, 6) is 0.965. The first-order chi connectivity index (χ1) is 12.2. The van der Waals surface area contributed by atoms with Crippen molar-refractivity contribution in [3.8, 4) is 0 Å². The molecule has 2 aromatic rings. The Kier molecular flexibility index (Phi) is 4.57. The number of rotatable bonds is 4. The molecule has 1 amide bonds. The van der Waals surface area contributed by atoms with Gasteiger partial charge in [0.1, 0.15) is 0 Å². The van der Waals surface area contributed by atoms with E-state index in [0.29, 0.717) is 13.0 Å². The molecule has 132 valence electrons. The van der Waals surface area contributed by atoms with E-state index in [0.717, 1.165) is 55.5 Å². The van der Waals surface area contributed by atoms with Gasteiger partial charge in [-0.3, -0.25) is 9.48 Å². The summed E-state index contributed by atoms with van der Waals surface area (Å²) in [5, 5.41) is 7.87. The third kappa shape index (κ3) is 3.76. The van der Waals surface area contributed by atoms with Crippen LogP contribution in [-0.2, 0) is 30.7 Å². The number of carbonyl (C=O) groups excluding carboxylic acids is 1. The van der Waals surface area contributed by atoms with Gasteiger partial charge in [0.25, 0.3) is 0 Å². The highest BCUT2D eigenvalue weighted by Crippen LogP contribution is 2.17. The van der Waals surface area contributed by atoms with E-state index >= 15 is 0 Å². The van der Waals surface area contributed by atoms with Crippen LogP contribution in [0, 0.1) is 12.8 Å². The van der Waals surface area contributed by atoms with Gasteiger partial charge in [-0.2, -0.15) is 5.10 Å². The lowest BCUT2D eigenvalue weighted by molar-refractivity contribution is -0.132. The van der Waals surface area contributed by atoms with Gasteiger partial charge in [-0.05, 0) is 56.0 Å². The number of benzene rings is 1. The molecule has 2 aliphatic heterocycles. The number of nitrogens with zero attached hydrogens (tertiary/aromatic N) is 3. The third-order valence-electron chi connectivity index (χ3n) is 5.34. The van der Waals surface area contributed by atoms with Gasteiger partial charge >= 0.3 is 0 Å². The maximum atomic E-state index is 12.6. The Balaban J connectivity index is 1.34. The number of hydrogen-bond donors (Lipinski definition) is 1. The second-order valence-corrected chi connectivity index (χ2v) is 7.37. The minimum absolute atomic E-state index is 0.206. The van der Waals surface area contributed by atoms with Crippen LogP contribution in [0.5, 0.6) is 0 Å². The summed E-state index contributed by atoms with van der Waals surface area (Å²) in [7, 11) is 0. The van der Waals surface area contributed by atoms with Crippen LogP contribution in [0.1, 0.15) is 28.9 Å². The van der Waals surface area contributed by atoms with Crippen LogP contribution < -0.4 is 5.32 Å². The van der Waals surface area contributed by atoms with Crippen LogP contribution in [0.2, 0.25) is 0 Å². The summed E-state index contributed by atoms with van der Waals surface area (Å²) >= 11 is 0. The minimum atomic E-state index is 0.206. The van der Waals surface area contributed by atoms with E-state index < -0.39 is 0 Å². The maximum Gasteiger partial charge on any atom is 0.227 e. The van der Waals surface area contributed by atoms with Crippen LogP contribution >= 0.6 is 0 Å². The second kappa shape index (κ2) is 7.00. The number of nitrogens with one attached hydrogen (secondary N) is 1. The fourth-order valence-corrected chi connectivity index (χ4v) is 3.92. The number of aryl methyl sites for hydroxylation is 1. The molecule has 3 heterocycles. The van der Waals surface area contributed by atoms with Crippen LogP contribution in [0.3, 0.4) is 0 Å². The SMILES string of the molecule is Cc1cc2n(n1)CCN(C(=O)Cc1ccc(CC3CCNC3)cc1)C2. The van der Waals surface area contributed by atoms with E-state index in [9.17, 15) is 4.79 Å². The van der Waals surface area contributed by atoms with Crippen molar-refractivity contribution in [1.29, 1.82) is 0 Å². The fraction of sp³-hybridized carbons (Fsp3) is 0.500. The fourth-order valence-electron chi connectivity index (χ4n) is 3.92. The zero-order chi connectivity index (χ0) is 17.2.